The van der Waals surface area contributed by atoms with Crippen molar-refractivity contribution in [1.29, 1.82) is 0 Å². The minimum Gasteiger partial charge on any atom is -0.493 e. The van der Waals surface area contributed by atoms with E-state index in [-0.39, 0.29) is 17.7 Å². The minimum absolute atomic E-state index is 0.0694. The van der Waals surface area contributed by atoms with Crippen molar-refractivity contribution in [3.63, 3.8) is 0 Å². The molecule has 1 aliphatic rings. The van der Waals surface area contributed by atoms with Crippen molar-refractivity contribution in [2.24, 2.45) is 11.8 Å². The monoisotopic (exact) mass is 352 g/mol. The fraction of sp³-hybridized carbons (Fsp3) is 0.333. The van der Waals surface area contributed by atoms with Crippen LogP contribution >= 0.6 is 0 Å². The van der Waals surface area contributed by atoms with Gasteiger partial charge in [0.05, 0.1) is 6.61 Å². The SMILES string of the molecule is CC(C)COc1cccc(C(=O)Nc2ccc(NC(=O)C3CC3)cc2)c1. The molecule has 2 N–H and O–H groups in total. The molecule has 3 rings (SSSR count). The quantitative estimate of drug-likeness (QED) is 0.780. The number of rotatable bonds is 7. The number of carbonyl (C=O) groups is 2. The van der Waals surface area contributed by atoms with Crippen LogP contribution < -0.4 is 15.4 Å². The van der Waals surface area contributed by atoms with E-state index in [1.54, 1.807) is 42.5 Å². The van der Waals surface area contributed by atoms with E-state index < -0.39 is 0 Å². The highest BCUT2D eigenvalue weighted by Crippen LogP contribution is 2.30. The summed E-state index contributed by atoms with van der Waals surface area (Å²) in [5.41, 5.74) is 1.95. The van der Waals surface area contributed by atoms with E-state index in [1.807, 2.05) is 6.07 Å². The van der Waals surface area contributed by atoms with Gasteiger partial charge in [0.1, 0.15) is 5.75 Å². The normalized spacial score (nSPS) is 13.3. The lowest BCUT2D eigenvalue weighted by atomic mass is 10.2. The maximum absolute atomic E-state index is 12.4. The molecule has 0 saturated heterocycles. The van der Waals surface area contributed by atoms with E-state index in [0.29, 0.717) is 29.5 Å². The molecule has 0 atom stereocenters. The molecular weight excluding hydrogens is 328 g/mol. The van der Waals surface area contributed by atoms with Crippen LogP contribution in [0.1, 0.15) is 37.0 Å². The molecule has 0 spiro atoms. The zero-order valence-corrected chi connectivity index (χ0v) is 15.1. The van der Waals surface area contributed by atoms with Gasteiger partial charge < -0.3 is 15.4 Å². The molecular formula is C21H24N2O3. The molecule has 0 unspecified atom stereocenters. The lowest BCUT2D eigenvalue weighted by Gasteiger charge is -2.11. The van der Waals surface area contributed by atoms with Crippen molar-refractivity contribution < 1.29 is 14.3 Å². The Bertz CT molecular complexity index is 780. The van der Waals surface area contributed by atoms with E-state index in [0.717, 1.165) is 18.5 Å². The highest BCUT2D eigenvalue weighted by molar-refractivity contribution is 6.04. The van der Waals surface area contributed by atoms with E-state index in [2.05, 4.69) is 24.5 Å². The van der Waals surface area contributed by atoms with Crippen LogP contribution in [-0.4, -0.2) is 18.4 Å². The Morgan fingerprint density at radius 3 is 2.31 bits per heavy atom. The van der Waals surface area contributed by atoms with Gasteiger partial charge in [-0.3, -0.25) is 9.59 Å². The molecule has 0 heterocycles. The summed E-state index contributed by atoms with van der Waals surface area (Å²) in [5.74, 6) is 1.14. The van der Waals surface area contributed by atoms with E-state index in [1.165, 1.54) is 0 Å². The topological polar surface area (TPSA) is 67.4 Å². The molecule has 5 nitrogen and oxygen atoms in total. The number of carbonyl (C=O) groups excluding carboxylic acids is 2. The minimum atomic E-state index is -0.199. The van der Waals surface area contributed by atoms with Crippen molar-refractivity contribution in [3.05, 3.63) is 54.1 Å². The molecule has 0 radical (unpaired) electrons. The largest absolute Gasteiger partial charge is 0.493 e. The van der Waals surface area contributed by atoms with E-state index >= 15 is 0 Å². The maximum atomic E-state index is 12.4. The zero-order valence-electron chi connectivity index (χ0n) is 15.1. The molecule has 2 aromatic carbocycles. The van der Waals surface area contributed by atoms with Crippen LogP contribution in [0.2, 0.25) is 0 Å². The highest BCUT2D eigenvalue weighted by atomic mass is 16.5. The Hall–Kier alpha value is -2.82. The van der Waals surface area contributed by atoms with Gasteiger partial charge in [-0.2, -0.15) is 0 Å². The molecule has 1 saturated carbocycles. The second kappa shape index (κ2) is 8.04. The van der Waals surface area contributed by atoms with Crippen LogP contribution in [0.5, 0.6) is 5.75 Å². The standard InChI is InChI=1S/C21H24N2O3/c1-14(2)13-26-19-5-3-4-16(12-19)21(25)23-18-10-8-17(9-11-18)22-20(24)15-6-7-15/h3-5,8-12,14-15H,6-7,13H2,1-2H3,(H,22,24)(H,23,25). The molecule has 0 aromatic heterocycles. The Kier molecular flexibility index (Phi) is 5.56. The first kappa shape index (κ1) is 18.0. The summed E-state index contributed by atoms with van der Waals surface area (Å²) >= 11 is 0. The van der Waals surface area contributed by atoms with Gasteiger partial charge in [0.25, 0.3) is 5.91 Å². The molecule has 2 amide bonds. The number of amides is 2. The van der Waals surface area contributed by atoms with Crippen molar-refractivity contribution >= 4 is 23.2 Å². The van der Waals surface area contributed by atoms with E-state index in [9.17, 15) is 9.59 Å². The van der Waals surface area contributed by atoms with Crippen molar-refractivity contribution in [3.8, 4) is 5.75 Å². The van der Waals surface area contributed by atoms with Gasteiger partial charge in [0.2, 0.25) is 5.91 Å². The van der Waals surface area contributed by atoms with Crippen molar-refractivity contribution in [2.45, 2.75) is 26.7 Å². The Labute approximate surface area is 153 Å². The molecule has 1 aliphatic carbocycles. The number of hydrogen-bond acceptors (Lipinski definition) is 3. The molecule has 26 heavy (non-hydrogen) atoms. The second-order valence-corrected chi connectivity index (χ2v) is 7.03. The summed E-state index contributed by atoms with van der Waals surface area (Å²) in [4.78, 5) is 24.2. The van der Waals surface area contributed by atoms with E-state index in [4.69, 9.17) is 4.74 Å². The predicted octanol–water partition coefficient (Wildman–Crippen LogP) is 4.32. The molecule has 0 aliphatic heterocycles. The summed E-state index contributed by atoms with van der Waals surface area (Å²) < 4.78 is 5.67. The number of hydrogen-bond donors (Lipinski definition) is 2. The third kappa shape index (κ3) is 5.09. The predicted molar refractivity (Wildman–Crippen MR) is 103 cm³/mol. The van der Waals surface area contributed by atoms with Crippen LogP contribution in [0.4, 0.5) is 11.4 Å². The van der Waals surface area contributed by atoms with Crippen LogP contribution in [0.15, 0.2) is 48.5 Å². The average Bonchev–Trinajstić information content (AvgIpc) is 3.47. The van der Waals surface area contributed by atoms with Gasteiger partial charge in [-0.1, -0.05) is 19.9 Å². The number of anilines is 2. The summed E-state index contributed by atoms with van der Waals surface area (Å²) in [6.45, 7) is 4.76. The van der Waals surface area contributed by atoms with Crippen LogP contribution in [0, 0.1) is 11.8 Å². The Balaban J connectivity index is 1.58. The highest BCUT2D eigenvalue weighted by Gasteiger charge is 2.29. The number of ether oxygens (including phenoxy) is 1. The average molecular weight is 352 g/mol. The summed E-state index contributed by atoms with van der Waals surface area (Å²) in [6, 6.07) is 14.3. The molecule has 0 bridgehead atoms. The third-order valence-corrected chi connectivity index (χ3v) is 4.04. The first-order valence-corrected chi connectivity index (χ1v) is 8.96. The smallest absolute Gasteiger partial charge is 0.255 e. The zero-order chi connectivity index (χ0) is 18.5. The molecule has 2 aromatic rings. The van der Waals surface area contributed by atoms with Crippen LogP contribution in [-0.2, 0) is 4.79 Å². The summed E-state index contributed by atoms with van der Waals surface area (Å²) in [7, 11) is 0. The van der Waals surface area contributed by atoms with Gasteiger partial charge in [0.15, 0.2) is 0 Å². The van der Waals surface area contributed by atoms with Crippen molar-refractivity contribution in [2.75, 3.05) is 17.2 Å². The fourth-order valence-electron chi connectivity index (χ4n) is 2.42. The third-order valence-electron chi connectivity index (χ3n) is 4.04. The van der Waals surface area contributed by atoms with Gasteiger partial charge in [-0.25, -0.2) is 0 Å². The van der Waals surface area contributed by atoms with Crippen molar-refractivity contribution in [1.82, 2.24) is 0 Å². The van der Waals surface area contributed by atoms with Gasteiger partial charge in [-0.15, -0.1) is 0 Å². The van der Waals surface area contributed by atoms with Gasteiger partial charge in [-0.05, 0) is 61.2 Å². The van der Waals surface area contributed by atoms with Crippen LogP contribution in [0.25, 0.3) is 0 Å². The molecule has 5 heteroatoms. The fourth-order valence-corrected chi connectivity index (χ4v) is 2.42. The maximum Gasteiger partial charge on any atom is 0.255 e. The Morgan fingerprint density at radius 1 is 1.04 bits per heavy atom. The second-order valence-electron chi connectivity index (χ2n) is 7.03. The number of nitrogens with one attached hydrogen (secondary N) is 2. The molecule has 136 valence electrons. The van der Waals surface area contributed by atoms with Crippen LogP contribution in [0.3, 0.4) is 0 Å². The first-order chi connectivity index (χ1) is 12.5. The summed E-state index contributed by atoms with van der Waals surface area (Å²) in [6.07, 6.45) is 1.94. The van der Waals surface area contributed by atoms with Gasteiger partial charge >= 0.3 is 0 Å². The Morgan fingerprint density at radius 2 is 1.69 bits per heavy atom. The molecule has 1 fully saturated rings. The number of benzene rings is 2. The lowest BCUT2D eigenvalue weighted by molar-refractivity contribution is -0.117. The lowest BCUT2D eigenvalue weighted by Crippen LogP contribution is -2.14. The van der Waals surface area contributed by atoms with Gasteiger partial charge in [0, 0.05) is 22.9 Å². The first-order valence-electron chi connectivity index (χ1n) is 8.96. The summed E-state index contributed by atoms with van der Waals surface area (Å²) in [5, 5.41) is 5.74.